The van der Waals surface area contributed by atoms with Gasteiger partial charge >= 0.3 is 0 Å². The summed E-state index contributed by atoms with van der Waals surface area (Å²) in [6, 6.07) is 7.13. The lowest BCUT2D eigenvalue weighted by atomic mass is 10.1. The summed E-state index contributed by atoms with van der Waals surface area (Å²) in [6.45, 7) is 4.16. The molecule has 0 fully saturated rings. The van der Waals surface area contributed by atoms with Gasteiger partial charge in [0.2, 0.25) is 0 Å². The Hall–Kier alpha value is -1.52. The molecule has 6 heteroatoms. The standard InChI is InChI=1S/C15H17Cl2N3O/c1-3-11(4-2)19-13-9-18-20(15(21)14(13)17)12-7-5-10(16)6-8-12/h5-9,11,19H,3-4H2,1-2H3. The fourth-order valence-electron chi connectivity index (χ4n) is 2.01. The van der Waals surface area contributed by atoms with Gasteiger partial charge in [-0.25, -0.2) is 0 Å². The molecule has 0 amide bonds. The second kappa shape index (κ2) is 6.96. The van der Waals surface area contributed by atoms with Crippen LogP contribution in [-0.4, -0.2) is 15.8 Å². The normalized spacial score (nSPS) is 10.9. The molecule has 0 unspecified atom stereocenters. The summed E-state index contributed by atoms with van der Waals surface area (Å²) in [5.41, 5.74) is 0.843. The molecule has 0 spiro atoms. The van der Waals surface area contributed by atoms with Crippen molar-refractivity contribution >= 4 is 28.9 Å². The number of halogens is 2. The van der Waals surface area contributed by atoms with E-state index in [2.05, 4.69) is 24.3 Å². The topological polar surface area (TPSA) is 46.9 Å². The van der Waals surface area contributed by atoms with Crippen LogP contribution < -0.4 is 10.9 Å². The van der Waals surface area contributed by atoms with Gasteiger partial charge in [0, 0.05) is 11.1 Å². The van der Waals surface area contributed by atoms with Gasteiger partial charge in [-0.15, -0.1) is 0 Å². The van der Waals surface area contributed by atoms with Crippen LogP contribution in [0.5, 0.6) is 0 Å². The summed E-state index contributed by atoms with van der Waals surface area (Å²) in [6.07, 6.45) is 3.48. The van der Waals surface area contributed by atoms with Crippen molar-refractivity contribution in [2.24, 2.45) is 0 Å². The number of rotatable bonds is 5. The lowest BCUT2D eigenvalue weighted by Crippen LogP contribution is -2.25. The van der Waals surface area contributed by atoms with Crippen LogP contribution in [0.4, 0.5) is 5.69 Å². The van der Waals surface area contributed by atoms with Gasteiger partial charge in [0.05, 0.1) is 17.6 Å². The molecule has 1 aromatic carbocycles. The molecule has 2 rings (SSSR count). The van der Waals surface area contributed by atoms with Crippen molar-refractivity contribution in [2.75, 3.05) is 5.32 Å². The molecule has 4 nitrogen and oxygen atoms in total. The molecule has 1 heterocycles. The highest BCUT2D eigenvalue weighted by Crippen LogP contribution is 2.19. The molecule has 0 saturated carbocycles. The number of aromatic nitrogens is 2. The Morgan fingerprint density at radius 2 is 1.81 bits per heavy atom. The zero-order chi connectivity index (χ0) is 15.4. The molecule has 112 valence electrons. The number of benzene rings is 1. The first kappa shape index (κ1) is 15.9. The highest BCUT2D eigenvalue weighted by molar-refractivity contribution is 6.33. The smallest absolute Gasteiger partial charge is 0.292 e. The third-order valence-electron chi connectivity index (χ3n) is 3.34. The Balaban J connectivity index is 2.37. The second-order valence-electron chi connectivity index (χ2n) is 4.72. The highest BCUT2D eigenvalue weighted by Gasteiger charge is 2.13. The Morgan fingerprint density at radius 1 is 1.19 bits per heavy atom. The number of nitrogens with one attached hydrogen (secondary N) is 1. The summed E-state index contributed by atoms with van der Waals surface area (Å²) in [4.78, 5) is 12.3. The lowest BCUT2D eigenvalue weighted by molar-refractivity contribution is 0.669. The van der Waals surface area contributed by atoms with E-state index in [4.69, 9.17) is 23.2 Å². The zero-order valence-corrected chi connectivity index (χ0v) is 13.4. The van der Waals surface area contributed by atoms with E-state index < -0.39 is 0 Å². The number of hydrogen-bond acceptors (Lipinski definition) is 3. The van der Waals surface area contributed by atoms with E-state index in [-0.39, 0.29) is 16.6 Å². The lowest BCUT2D eigenvalue weighted by Gasteiger charge is -2.17. The molecule has 0 aliphatic heterocycles. The Morgan fingerprint density at radius 3 is 2.38 bits per heavy atom. The molecule has 1 aromatic heterocycles. The first-order valence-electron chi connectivity index (χ1n) is 6.87. The van der Waals surface area contributed by atoms with Gasteiger partial charge in [0.25, 0.3) is 5.56 Å². The maximum atomic E-state index is 12.3. The summed E-state index contributed by atoms with van der Waals surface area (Å²) >= 11 is 12.0. The Kier molecular flexibility index (Phi) is 5.26. The van der Waals surface area contributed by atoms with Crippen molar-refractivity contribution in [2.45, 2.75) is 32.7 Å². The van der Waals surface area contributed by atoms with E-state index in [1.165, 1.54) is 4.68 Å². The van der Waals surface area contributed by atoms with Crippen LogP contribution in [0, 0.1) is 0 Å². The van der Waals surface area contributed by atoms with E-state index >= 15 is 0 Å². The average Bonchev–Trinajstić information content (AvgIpc) is 2.50. The Bertz CT molecular complexity index is 664. The molecule has 0 radical (unpaired) electrons. The van der Waals surface area contributed by atoms with Crippen molar-refractivity contribution in [1.29, 1.82) is 0 Å². The minimum atomic E-state index is -0.352. The first-order valence-corrected chi connectivity index (χ1v) is 7.62. The minimum Gasteiger partial charge on any atom is -0.380 e. The van der Waals surface area contributed by atoms with Gasteiger partial charge in [0.15, 0.2) is 0 Å². The third kappa shape index (κ3) is 3.57. The van der Waals surface area contributed by atoms with Gasteiger partial charge in [-0.1, -0.05) is 37.0 Å². The van der Waals surface area contributed by atoms with Gasteiger partial charge in [0.1, 0.15) is 5.02 Å². The molecule has 0 bridgehead atoms. The second-order valence-corrected chi connectivity index (χ2v) is 5.54. The van der Waals surface area contributed by atoms with Crippen LogP contribution in [0.3, 0.4) is 0 Å². The van der Waals surface area contributed by atoms with E-state index in [9.17, 15) is 4.79 Å². The molecular weight excluding hydrogens is 309 g/mol. The monoisotopic (exact) mass is 325 g/mol. The van der Waals surface area contributed by atoms with E-state index in [1.807, 2.05) is 0 Å². The van der Waals surface area contributed by atoms with E-state index in [0.29, 0.717) is 16.4 Å². The van der Waals surface area contributed by atoms with Crippen LogP contribution in [0.1, 0.15) is 26.7 Å². The molecule has 0 atom stereocenters. The van der Waals surface area contributed by atoms with Crippen molar-refractivity contribution in [3.8, 4) is 5.69 Å². The maximum absolute atomic E-state index is 12.3. The molecule has 1 N–H and O–H groups in total. The summed E-state index contributed by atoms with van der Waals surface area (Å²) in [5.74, 6) is 0. The van der Waals surface area contributed by atoms with Gasteiger partial charge in [-0.05, 0) is 37.1 Å². The fraction of sp³-hybridized carbons (Fsp3) is 0.333. The van der Waals surface area contributed by atoms with Gasteiger partial charge in [-0.3, -0.25) is 4.79 Å². The Labute approximate surface area is 133 Å². The molecular formula is C15H17Cl2N3O. The summed E-state index contributed by atoms with van der Waals surface area (Å²) in [7, 11) is 0. The minimum absolute atomic E-state index is 0.145. The van der Waals surface area contributed by atoms with Crippen molar-refractivity contribution in [1.82, 2.24) is 9.78 Å². The molecule has 2 aromatic rings. The highest BCUT2D eigenvalue weighted by atomic mass is 35.5. The van der Waals surface area contributed by atoms with Crippen molar-refractivity contribution < 1.29 is 0 Å². The number of anilines is 1. The SMILES string of the molecule is CCC(CC)Nc1cnn(-c2ccc(Cl)cc2)c(=O)c1Cl. The van der Waals surface area contributed by atoms with Gasteiger partial charge in [-0.2, -0.15) is 9.78 Å². The molecule has 0 aliphatic carbocycles. The number of hydrogen-bond donors (Lipinski definition) is 1. The first-order chi connectivity index (χ1) is 10.1. The molecule has 21 heavy (non-hydrogen) atoms. The predicted molar refractivity (Wildman–Crippen MR) is 87.8 cm³/mol. The van der Waals surface area contributed by atoms with Crippen LogP contribution >= 0.6 is 23.2 Å². The summed E-state index contributed by atoms with van der Waals surface area (Å²) in [5, 5.41) is 8.17. The molecule has 0 saturated heterocycles. The predicted octanol–water partition coefficient (Wildman–Crippen LogP) is 4.14. The van der Waals surface area contributed by atoms with Crippen LogP contribution in [0.15, 0.2) is 35.3 Å². The zero-order valence-electron chi connectivity index (χ0n) is 11.9. The van der Waals surface area contributed by atoms with Crippen LogP contribution in [0.2, 0.25) is 10.0 Å². The van der Waals surface area contributed by atoms with E-state index in [1.54, 1.807) is 30.5 Å². The fourth-order valence-corrected chi connectivity index (χ4v) is 2.32. The summed E-state index contributed by atoms with van der Waals surface area (Å²) < 4.78 is 1.26. The van der Waals surface area contributed by atoms with Gasteiger partial charge < -0.3 is 5.32 Å². The average molecular weight is 326 g/mol. The largest absolute Gasteiger partial charge is 0.380 e. The van der Waals surface area contributed by atoms with Crippen molar-refractivity contribution in [3.63, 3.8) is 0 Å². The van der Waals surface area contributed by atoms with Crippen LogP contribution in [-0.2, 0) is 0 Å². The quantitative estimate of drug-likeness (QED) is 0.898. The molecule has 0 aliphatic rings. The number of nitrogens with zero attached hydrogens (tertiary/aromatic N) is 2. The van der Waals surface area contributed by atoms with Crippen molar-refractivity contribution in [3.05, 3.63) is 50.9 Å². The van der Waals surface area contributed by atoms with Crippen LogP contribution in [0.25, 0.3) is 5.69 Å². The third-order valence-corrected chi connectivity index (χ3v) is 3.95. The van der Waals surface area contributed by atoms with E-state index in [0.717, 1.165) is 12.8 Å². The maximum Gasteiger partial charge on any atom is 0.292 e.